The number of carbonyl (C=O) groups is 1. The molecule has 1 aromatic rings. The van der Waals surface area contributed by atoms with Crippen LogP contribution in [-0.2, 0) is 9.05 Å². The molecule has 2 rings (SSSR count). The van der Waals surface area contributed by atoms with Gasteiger partial charge in [0.05, 0.1) is 0 Å². The van der Waals surface area contributed by atoms with E-state index in [9.17, 15) is 17.6 Å². The lowest BCUT2D eigenvalue weighted by molar-refractivity contribution is 0.0785. The highest BCUT2D eigenvalue weighted by atomic mass is 35.7. The van der Waals surface area contributed by atoms with Gasteiger partial charge in [0.15, 0.2) is 0 Å². The Hall–Kier alpha value is -1.14. The highest BCUT2D eigenvalue weighted by Gasteiger charge is 2.30. The number of benzene rings is 1. The highest BCUT2D eigenvalue weighted by molar-refractivity contribution is 8.13. The minimum atomic E-state index is -4.19. The van der Waals surface area contributed by atoms with E-state index in [2.05, 4.69) is 0 Å². The van der Waals surface area contributed by atoms with Crippen LogP contribution in [0.4, 0.5) is 4.39 Å². The molecule has 0 saturated heterocycles. The van der Waals surface area contributed by atoms with Gasteiger partial charge in [-0.1, -0.05) is 0 Å². The van der Waals surface area contributed by atoms with Gasteiger partial charge in [0.1, 0.15) is 10.7 Å². The first-order chi connectivity index (χ1) is 8.30. The molecule has 1 fully saturated rings. The molecule has 1 aliphatic rings. The number of nitrogens with zero attached hydrogens (tertiary/aromatic N) is 1. The van der Waals surface area contributed by atoms with Gasteiger partial charge in [-0.05, 0) is 31.0 Å². The summed E-state index contributed by atoms with van der Waals surface area (Å²) in [5, 5.41) is 0. The van der Waals surface area contributed by atoms with Crippen LogP contribution in [0.5, 0.6) is 0 Å². The predicted molar refractivity (Wildman–Crippen MR) is 64.6 cm³/mol. The second-order valence-corrected chi connectivity index (χ2v) is 6.76. The number of carbonyl (C=O) groups excluding carboxylic acids is 1. The Labute approximate surface area is 109 Å². The fourth-order valence-electron chi connectivity index (χ4n) is 1.65. The van der Waals surface area contributed by atoms with Crippen molar-refractivity contribution < 1.29 is 17.6 Å². The molecular weight excluding hydrogens is 281 g/mol. The lowest BCUT2D eigenvalue weighted by atomic mass is 10.2. The fourth-order valence-corrected chi connectivity index (χ4v) is 2.58. The van der Waals surface area contributed by atoms with Crippen molar-refractivity contribution in [3.63, 3.8) is 0 Å². The van der Waals surface area contributed by atoms with Gasteiger partial charge in [-0.2, -0.15) is 0 Å². The maximum atomic E-state index is 13.3. The zero-order valence-corrected chi connectivity index (χ0v) is 11.1. The molecule has 1 aliphatic carbocycles. The lowest BCUT2D eigenvalue weighted by Crippen LogP contribution is -2.28. The van der Waals surface area contributed by atoms with Crippen LogP contribution in [0.3, 0.4) is 0 Å². The van der Waals surface area contributed by atoms with E-state index in [1.807, 2.05) is 0 Å². The van der Waals surface area contributed by atoms with E-state index in [-0.39, 0.29) is 17.5 Å². The number of hydrogen-bond donors (Lipinski definition) is 0. The van der Waals surface area contributed by atoms with Crippen LogP contribution >= 0.6 is 10.7 Å². The monoisotopic (exact) mass is 291 g/mol. The third kappa shape index (κ3) is 2.64. The predicted octanol–water partition coefficient (Wildman–Crippen LogP) is 1.99. The van der Waals surface area contributed by atoms with Gasteiger partial charge in [-0.3, -0.25) is 4.79 Å². The Morgan fingerprint density at radius 3 is 2.56 bits per heavy atom. The Kier molecular flexibility index (Phi) is 3.33. The van der Waals surface area contributed by atoms with Crippen LogP contribution in [0.1, 0.15) is 23.2 Å². The second-order valence-electron chi connectivity index (χ2n) is 4.23. The molecule has 7 heteroatoms. The van der Waals surface area contributed by atoms with E-state index in [4.69, 9.17) is 10.7 Å². The minimum absolute atomic E-state index is 0.116. The molecule has 0 radical (unpaired) electrons. The third-order valence-electron chi connectivity index (χ3n) is 2.86. The van der Waals surface area contributed by atoms with Gasteiger partial charge in [0, 0.05) is 29.3 Å². The van der Waals surface area contributed by atoms with Crippen LogP contribution < -0.4 is 0 Å². The van der Waals surface area contributed by atoms with E-state index in [0.717, 1.165) is 25.0 Å². The second kappa shape index (κ2) is 4.51. The minimum Gasteiger partial charge on any atom is -0.339 e. The first kappa shape index (κ1) is 13.3. The zero-order chi connectivity index (χ0) is 13.5. The van der Waals surface area contributed by atoms with Crippen LogP contribution in [0, 0.1) is 5.82 Å². The van der Waals surface area contributed by atoms with Crippen molar-refractivity contribution in [1.82, 2.24) is 4.90 Å². The van der Waals surface area contributed by atoms with Crippen molar-refractivity contribution in [2.45, 2.75) is 23.8 Å². The molecule has 0 aliphatic heterocycles. The largest absolute Gasteiger partial charge is 0.339 e. The van der Waals surface area contributed by atoms with Gasteiger partial charge in [0.2, 0.25) is 0 Å². The van der Waals surface area contributed by atoms with E-state index in [1.165, 1.54) is 11.0 Å². The molecule has 0 unspecified atom stereocenters. The zero-order valence-electron chi connectivity index (χ0n) is 9.56. The van der Waals surface area contributed by atoms with Gasteiger partial charge < -0.3 is 4.90 Å². The van der Waals surface area contributed by atoms with Gasteiger partial charge in [-0.15, -0.1) is 0 Å². The summed E-state index contributed by atoms with van der Waals surface area (Å²) in [5.41, 5.74) is 0.116. The third-order valence-corrected chi connectivity index (χ3v) is 4.19. The van der Waals surface area contributed by atoms with Gasteiger partial charge >= 0.3 is 0 Å². The average molecular weight is 292 g/mol. The summed E-state index contributed by atoms with van der Waals surface area (Å²) in [6, 6.07) is 3.35. The maximum Gasteiger partial charge on any atom is 0.264 e. The molecule has 1 aromatic carbocycles. The Balaban J connectivity index is 2.38. The molecule has 0 N–H and O–H groups in total. The van der Waals surface area contributed by atoms with E-state index in [0.29, 0.717) is 0 Å². The van der Waals surface area contributed by atoms with Crippen LogP contribution in [0.2, 0.25) is 0 Å². The molecule has 98 valence electrons. The molecule has 0 bridgehead atoms. The first-order valence-electron chi connectivity index (χ1n) is 5.32. The van der Waals surface area contributed by atoms with E-state index in [1.54, 1.807) is 7.05 Å². The standard InChI is InChI=1S/C11H11ClFNO3S/c1-14(8-3-4-8)11(15)7-2-5-9(13)10(6-7)18(12,16)17/h2,5-6,8H,3-4H2,1H3. The van der Waals surface area contributed by atoms with Crippen LogP contribution in [0.25, 0.3) is 0 Å². The van der Waals surface area contributed by atoms with Crippen molar-refractivity contribution in [2.75, 3.05) is 7.05 Å². The number of rotatable bonds is 3. The SMILES string of the molecule is CN(C(=O)c1ccc(F)c(S(=O)(=O)Cl)c1)C1CC1. The van der Waals surface area contributed by atoms with Gasteiger partial charge in [0.25, 0.3) is 15.0 Å². The fraction of sp³-hybridized carbons (Fsp3) is 0.364. The molecule has 0 spiro atoms. The highest BCUT2D eigenvalue weighted by Crippen LogP contribution is 2.27. The van der Waals surface area contributed by atoms with Crippen molar-refractivity contribution >= 4 is 25.6 Å². The summed E-state index contributed by atoms with van der Waals surface area (Å²) < 4.78 is 35.6. The van der Waals surface area contributed by atoms with Crippen LogP contribution in [0.15, 0.2) is 23.1 Å². The molecule has 0 aromatic heterocycles. The Morgan fingerprint density at radius 2 is 2.06 bits per heavy atom. The van der Waals surface area contributed by atoms with Crippen molar-refractivity contribution in [1.29, 1.82) is 0 Å². The van der Waals surface area contributed by atoms with Crippen molar-refractivity contribution in [3.05, 3.63) is 29.6 Å². The quantitative estimate of drug-likeness (QED) is 0.800. The Bertz CT molecular complexity index is 598. The van der Waals surface area contributed by atoms with E-state index >= 15 is 0 Å². The molecule has 18 heavy (non-hydrogen) atoms. The van der Waals surface area contributed by atoms with Crippen LogP contribution in [-0.4, -0.2) is 32.3 Å². The summed E-state index contributed by atoms with van der Waals surface area (Å²) in [4.78, 5) is 12.8. The lowest BCUT2D eigenvalue weighted by Gasteiger charge is -2.16. The summed E-state index contributed by atoms with van der Waals surface area (Å²) >= 11 is 0. The topological polar surface area (TPSA) is 54.5 Å². The molecule has 0 atom stereocenters. The molecule has 4 nitrogen and oxygen atoms in total. The van der Waals surface area contributed by atoms with E-state index < -0.39 is 19.8 Å². The molecule has 0 heterocycles. The number of amides is 1. The van der Waals surface area contributed by atoms with Crippen molar-refractivity contribution in [3.8, 4) is 0 Å². The van der Waals surface area contributed by atoms with Crippen molar-refractivity contribution in [2.24, 2.45) is 0 Å². The normalized spacial score (nSPS) is 15.5. The van der Waals surface area contributed by atoms with Gasteiger partial charge in [-0.25, -0.2) is 12.8 Å². The summed E-state index contributed by atoms with van der Waals surface area (Å²) in [5.74, 6) is -1.30. The molecular formula is C11H11ClFNO3S. The summed E-state index contributed by atoms with van der Waals surface area (Å²) in [6.07, 6.45) is 1.87. The summed E-state index contributed by atoms with van der Waals surface area (Å²) in [6.45, 7) is 0. The molecule has 1 saturated carbocycles. The average Bonchev–Trinajstić information content (AvgIpc) is 3.10. The summed E-state index contributed by atoms with van der Waals surface area (Å²) in [7, 11) is 2.55. The smallest absolute Gasteiger partial charge is 0.264 e. The number of hydrogen-bond acceptors (Lipinski definition) is 3. The number of halogens is 2. The maximum absolute atomic E-state index is 13.3. The molecule has 1 amide bonds. The Morgan fingerprint density at radius 1 is 1.44 bits per heavy atom. The first-order valence-corrected chi connectivity index (χ1v) is 7.63.